The van der Waals surface area contributed by atoms with Gasteiger partial charge >= 0.3 is 0 Å². The van der Waals surface area contributed by atoms with Crippen molar-refractivity contribution in [3.8, 4) is 6.07 Å². The first-order valence-corrected chi connectivity index (χ1v) is 4.77. The second kappa shape index (κ2) is 4.72. The fourth-order valence-corrected chi connectivity index (χ4v) is 1.46. The number of benzene rings is 1. The Bertz CT molecular complexity index is 460. The van der Waals surface area contributed by atoms with E-state index in [-0.39, 0.29) is 22.8 Å². The number of carbonyl (C=O) groups excluding carboxylic acids is 2. The summed E-state index contributed by atoms with van der Waals surface area (Å²) in [5, 5.41) is 8.75. The number of nitriles is 1. The van der Waals surface area contributed by atoms with E-state index in [4.69, 9.17) is 16.9 Å². The molecule has 15 heavy (non-hydrogen) atoms. The van der Waals surface area contributed by atoms with Gasteiger partial charge in [-0.25, -0.2) is 0 Å². The number of alkyl halides is 1. The number of aldehydes is 1. The van der Waals surface area contributed by atoms with E-state index in [1.54, 1.807) is 6.92 Å². The van der Waals surface area contributed by atoms with E-state index in [1.807, 2.05) is 6.07 Å². The van der Waals surface area contributed by atoms with E-state index < -0.39 is 0 Å². The number of nitrogens with zero attached hydrogens (tertiary/aromatic N) is 1. The maximum Gasteiger partial charge on any atom is 0.178 e. The van der Waals surface area contributed by atoms with E-state index in [2.05, 4.69) is 0 Å². The highest BCUT2D eigenvalue weighted by atomic mass is 35.5. The molecule has 1 aromatic carbocycles. The van der Waals surface area contributed by atoms with Crippen molar-refractivity contribution in [2.24, 2.45) is 0 Å². The number of carbonyl (C=O) groups is 2. The average Bonchev–Trinajstić information content (AvgIpc) is 2.27. The highest BCUT2D eigenvalue weighted by Gasteiger charge is 2.14. The van der Waals surface area contributed by atoms with Gasteiger partial charge in [0.05, 0.1) is 17.5 Å². The quantitative estimate of drug-likeness (QED) is 0.446. The Labute approximate surface area is 92.3 Å². The van der Waals surface area contributed by atoms with Crippen molar-refractivity contribution >= 4 is 23.7 Å². The van der Waals surface area contributed by atoms with Gasteiger partial charge in [0.1, 0.15) is 0 Å². The smallest absolute Gasteiger partial charge is 0.178 e. The van der Waals surface area contributed by atoms with E-state index >= 15 is 0 Å². The van der Waals surface area contributed by atoms with Crippen molar-refractivity contribution in [2.75, 3.05) is 5.88 Å². The van der Waals surface area contributed by atoms with Crippen LogP contribution in [0.2, 0.25) is 0 Å². The average molecular weight is 222 g/mol. The Hall–Kier alpha value is -1.66. The number of rotatable bonds is 3. The van der Waals surface area contributed by atoms with Gasteiger partial charge in [0.15, 0.2) is 12.1 Å². The third kappa shape index (κ3) is 2.05. The molecule has 0 N–H and O–H groups in total. The molecular weight excluding hydrogens is 214 g/mol. The van der Waals surface area contributed by atoms with E-state index in [1.165, 1.54) is 12.1 Å². The standard InChI is InChI=1S/C11H8ClNO2/c1-7-8(5-13)2-3-9(10(7)6-14)11(15)4-12/h2-3,6H,4H2,1H3. The zero-order valence-corrected chi connectivity index (χ0v) is 8.84. The molecule has 4 heteroatoms. The number of halogens is 1. The van der Waals surface area contributed by atoms with Crippen molar-refractivity contribution in [3.63, 3.8) is 0 Å². The molecule has 3 nitrogen and oxygen atoms in total. The van der Waals surface area contributed by atoms with E-state index in [0.29, 0.717) is 17.4 Å². The number of hydrogen-bond donors (Lipinski definition) is 0. The lowest BCUT2D eigenvalue weighted by atomic mass is 9.96. The Kier molecular flexibility index (Phi) is 3.59. The summed E-state index contributed by atoms with van der Waals surface area (Å²) >= 11 is 5.41. The minimum atomic E-state index is -0.314. The van der Waals surface area contributed by atoms with E-state index in [9.17, 15) is 9.59 Å². The van der Waals surface area contributed by atoms with Crippen molar-refractivity contribution in [1.29, 1.82) is 5.26 Å². The van der Waals surface area contributed by atoms with Crippen LogP contribution in [0, 0.1) is 18.3 Å². The van der Waals surface area contributed by atoms with Crippen molar-refractivity contribution in [2.45, 2.75) is 6.92 Å². The Morgan fingerprint density at radius 3 is 2.73 bits per heavy atom. The molecule has 0 aliphatic heterocycles. The van der Waals surface area contributed by atoms with Crippen LogP contribution in [0.1, 0.15) is 31.8 Å². The van der Waals surface area contributed by atoms with Crippen molar-refractivity contribution in [1.82, 2.24) is 0 Å². The van der Waals surface area contributed by atoms with Crippen LogP contribution in [0.15, 0.2) is 12.1 Å². The third-order valence-electron chi connectivity index (χ3n) is 2.17. The van der Waals surface area contributed by atoms with Gasteiger partial charge in [0.25, 0.3) is 0 Å². The van der Waals surface area contributed by atoms with Gasteiger partial charge in [-0.2, -0.15) is 5.26 Å². The van der Waals surface area contributed by atoms with E-state index in [0.717, 1.165) is 0 Å². The number of Topliss-reactive ketones (excluding diaryl/α,β-unsaturated/α-hetero) is 1. The molecule has 0 saturated carbocycles. The molecule has 0 saturated heterocycles. The first-order valence-electron chi connectivity index (χ1n) is 4.23. The topological polar surface area (TPSA) is 57.9 Å². The van der Waals surface area contributed by atoms with Crippen LogP contribution in [-0.2, 0) is 0 Å². The Morgan fingerprint density at radius 2 is 2.27 bits per heavy atom. The summed E-state index contributed by atoms with van der Waals surface area (Å²) < 4.78 is 0. The molecule has 0 spiro atoms. The van der Waals surface area contributed by atoms with Gasteiger partial charge < -0.3 is 0 Å². The van der Waals surface area contributed by atoms with Gasteiger partial charge in [-0.15, -0.1) is 11.6 Å². The second-order valence-corrected chi connectivity index (χ2v) is 3.25. The van der Waals surface area contributed by atoms with Gasteiger partial charge in [-0.05, 0) is 24.6 Å². The molecule has 0 atom stereocenters. The lowest BCUT2D eigenvalue weighted by molar-refractivity contribution is 0.101. The highest BCUT2D eigenvalue weighted by Crippen LogP contribution is 2.17. The molecule has 76 valence electrons. The molecule has 0 heterocycles. The third-order valence-corrected chi connectivity index (χ3v) is 2.42. The van der Waals surface area contributed by atoms with Crippen molar-refractivity contribution in [3.05, 3.63) is 34.4 Å². The largest absolute Gasteiger partial charge is 0.298 e. The molecule has 1 aromatic rings. The minimum absolute atomic E-state index is 0.174. The molecular formula is C11H8ClNO2. The lowest BCUT2D eigenvalue weighted by Gasteiger charge is -2.06. The predicted molar refractivity (Wildman–Crippen MR) is 56.3 cm³/mol. The lowest BCUT2D eigenvalue weighted by Crippen LogP contribution is -2.07. The molecule has 0 bridgehead atoms. The van der Waals surface area contributed by atoms with Crippen LogP contribution < -0.4 is 0 Å². The first kappa shape index (κ1) is 11.4. The maximum atomic E-state index is 11.4. The second-order valence-electron chi connectivity index (χ2n) is 2.99. The summed E-state index contributed by atoms with van der Waals surface area (Å²) in [5.41, 5.74) is 1.43. The normalized spacial score (nSPS) is 9.40. The maximum absolute atomic E-state index is 11.4. The SMILES string of the molecule is Cc1c(C#N)ccc(C(=O)CCl)c1C=O. The monoisotopic (exact) mass is 221 g/mol. The summed E-state index contributed by atoms with van der Waals surface area (Å²) in [6.07, 6.45) is 0.579. The summed E-state index contributed by atoms with van der Waals surface area (Å²) in [6.45, 7) is 1.63. The van der Waals surface area contributed by atoms with Crippen molar-refractivity contribution < 1.29 is 9.59 Å². The van der Waals surface area contributed by atoms with Gasteiger partial charge in [0.2, 0.25) is 0 Å². The molecule has 1 rings (SSSR count). The summed E-state index contributed by atoms with van der Waals surface area (Å²) in [7, 11) is 0. The molecule has 0 amide bonds. The molecule has 0 unspecified atom stereocenters. The Balaban J connectivity index is 3.45. The van der Waals surface area contributed by atoms with Gasteiger partial charge in [-0.1, -0.05) is 0 Å². The van der Waals surface area contributed by atoms with Crippen LogP contribution in [0.3, 0.4) is 0 Å². The van der Waals surface area contributed by atoms with Crippen LogP contribution in [0.25, 0.3) is 0 Å². The zero-order chi connectivity index (χ0) is 11.4. The number of hydrogen-bond acceptors (Lipinski definition) is 3. The summed E-state index contributed by atoms with van der Waals surface area (Å²) in [4.78, 5) is 22.2. The summed E-state index contributed by atoms with van der Waals surface area (Å²) in [6, 6.07) is 4.93. The summed E-state index contributed by atoms with van der Waals surface area (Å²) in [5.74, 6) is -0.488. The fraction of sp³-hybridized carbons (Fsp3) is 0.182. The fourth-order valence-electron chi connectivity index (χ4n) is 1.32. The minimum Gasteiger partial charge on any atom is -0.298 e. The molecule has 0 fully saturated rings. The Morgan fingerprint density at radius 1 is 1.60 bits per heavy atom. The predicted octanol–water partition coefficient (Wildman–Crippen LogP) is 2.10. The molecule has 0 aromatic heterocycles. The van der Waals surface area contributed by atoms with Gasteiger partial charge in [0, 0.05) is 11.1 Å². The molecule has 0 radical (unpaired) electrons. The molecule has 0 aliphatic rings. The van der Waals surface area contributed by atoms with Crippen LogP contribution in [0.5, 0.6) is 0 Å². The van der Waals surface area contributed by atoms with Crippen LogP contribution in [-0.4, -0.2) is 17.9 Å². The molecule has 0 aliphatic carbocycles. The zero-order valence-electron chi connectivity index (χ0n) is 8.08. The van der Waals surface area contributed by atoms with Gasteiger partial charge in [-0.3, -0.25) is 9.59 Å². The van der Waals surface area contributed by atoms with Crippen LogP contribution in [0.4, 0.5) is 0 Å². The number of ketones is 1. The highest BCUT2D eigenvalue weighted by molar-refractivity contribution is 6.31. The van der Waals surface area contributed by atoms with Crippen LogP contribution >= 0.6 is 11.6 Å². The first-order chi connectivity index (χ1) is 7.15.